The Morgan fingerprint density at radius 1 is 0.976 bits per heavy atom. The second-order valence-electron chi connectivity index (χ2n) is 9.04. The number of aldehydes is 1. The number of anilines is 1. The van der Waals surface area contributed by atoms with Gasteiger partial charge in [-0.05, 0) is 55.2 Å². The Balaban J connectivity index is 0.000000443. The second kappa shape index (κ2) is 17.3. The molecule has 3 aromatic rings. The van der Waals surface area contributed by atoms with Gasteiger partial charge < -0.3 is 20.1 Å². The third-order valence-corrected chi connectivity index (χ3v) is 6.24. The first-order valence-electron chi connectivity index (χ1n) is 13.5. The molecule has 0 aliphatic carbocycles. The maximum Gasteiger partial charge on any atom is 0.322 e. The number of rotatable bonds is 9. The molecule has 1 amide bonds. The van der Waals surface area contributed by atoms with Crippen LogP contribution in [0.2, 0.25) is 0 Å². The van der Waals surface area contributed by atoms with Crippen LogP contribution in [0.4, 0.5) is 14.5 Å². The van der Waals surface area contributed by atoms with Crippen molar-refractivity contribution in [1.29, 1.82) is 0 Å². The molecule has 0 atom stereocenters. The monoisotopic (exact) mass is 582 g/mol. The van der Waals surface area contributed by atoms with Crippen LogP contribution < -0.4 is 15.0 Å². The molecule has 226 valence electrons. The van der Waals surface area contributed by atoms with E-state index in [1.165, 1.54) is 5.56 Å². The zero-order valence-electron chi connectivity index (χ0n) is 25.5. The van der Waals surface area contributed by atoms with Crippen LogP contribution in [0.1, 0.15) is 60.3 Å². The first kappa shape index (κ1) is 35.5. The van der Waals surface area contributed by atoms with Gasteiger partial charge in [0.25, 0.3) is 5.91 Å². The molecule has 3 aromatic carbocycles. The number of hydrogen-bond donors (Lipinski definition) is 2. The van der Waals surface area contributed by atoms with Gasteiger partial charge in [-0.15, -0.1) is 0 Å². The van der Waals surface area contributed by atoms with Gasteiger partial charge >= 0.3 is 5.97 Å². The number of allylic oxidation sites excluding steroid dienone is 2. The molecule has 0 saturated heterocycles. The van der Waals surface area contributed by atoms with Crippen LogP contribution in [0.15, 0.2) is 54.6 Å². The Kier molecular flexibility index (Phi) is 14.6. The molecule has 0 aromatic heterocycles. The van der Waals surface area contributed by atoms with Gasteiger partial charge in [0.1, 0.15) is 29.5 Å². The number of nitrogens with zero attached hydrogens (tertiary/aromatic N) is 1. The van der Waals surface area contributed by atoms with E-state index in [9.17, 15) is 23.2 Å². The fraction of sp³-hybridized carbons (Fsp3) is 0.303. The Labute approximate surface area is 246 Å². The number of carboxylic acids is 1. The van der Waals surface area contributed by atoms with Crippen molar-refractivity contribution >= 4 is 35.0 Å². The van der Waals surface area contributed by atoms with Gasteiger partial charge in [0, 0.05) is 36.5 Å². The van der Waals surface area contributed by atoms with E-state index in [0.717, 1.165) is 64.6 Å². The lowest BCUT2D eigenvalue weighted by atomic mass is 9.91. The van der Waals surface area contributed by atoms with Crippen LogP contribution in [0.3, 0.4) is 0 Å². The van der Waals surface area contributed by atoms with Gasteiger partial charge in [-0.25, -0.2) is 8.78 Å². The molecule has 2 N–H and O–H groups in total. The Morgan fingerprint density at radius 2 is 1.57 bits per heavy atom. The molecule has 0 bridgehead atoms. The van der Waals surface area contributed by atoms with Crippen molar-refractivity contribution in [3.05, 3.63) is 94.0 Å². The van der Waals surface area contributed by atoms with Crippen LogP contribution in [0.25, 0.3) is 11.1 Å². The largest absolute Gasteiger partial charge is 0.496 e. The quantitative estimate of drug-likeness (QED) is 0.168. The lowest BCUT2D eigenvalue weighted by Gasteiger charge is -2.20. The second-order valence-corrected chi connectivity index (χ2v) is 9.04. The molecule has 0 aliphatic heterocycles. The van der Waals surface area contributed by atoms with E-state index >= 15 is 0 Å². The fourth-order valence-corrected chi connectivity index (χ4v) is 4.25. The van der Waals surface area contributed by atoms with E-state index in [-0.39, 0.29) is 0 Å². The number of carbonyl (C=O) groups is 3. The van der Waals surface area contributed by atoms with Crippen molar-refractivity contribution in [2.45, 2.75) is 41.0 Å². The van der Waals surface area contributed by atoms with Crippen LogP contribution in [-0.4, -0.2) is 51.0 Å². The number of carbonyl (C=O) groups excluding carboxylic acids is 2. The zero-order chi connectivity index (χ0) is 32.0. The minimum atomic E-state index is -1.29. The van der Waals surface area contributed by atoms with Crippen molar-refractivity contribution < 1.29 is 33.0 Å². The van der Waals surface area contributed by atoms with Gasteiger partial charge in [-0.3, -0.25) is 14.4 Å². The molecule has 0 fully saturated rings. The number of methoxy groups -OCH3 is 1. The number of carboxylic acid groups (broad SMARTS) is 1. The summed E-state index contributed by atoms with van der Waals surface area (Å²) in [6.45, 7) is 9.49. The first-order valence-corrected chi connectivity index (χ1v) is 13.5. The van der Waals surface area contributed by atoms with Crippen molar-refractivity contribution in [1.82, 2.24) is 5.32 Å². The summed E-state index contributed by atoms with van der Waals surface area (Å²) >= 11 is 0. The highest BCUT2D eigenvalue weighted by Gasteiger charge is 2.19. The van der Waals surface area contributed by atoms with Gasteiger partial charge in [0.05, 0.1) is 7.11 Å². The number of aryl methyl sites for hydroxylation is 1. The number of nitrogens with one attached hydrogen (secondary N) is 1. The predicted octanol–water partition coefficient (Wildman–Crippen LogP) is 6.57. The van der Waals surface area contributed by atoms with E-state index in [0.29, 0.717) is 5.57 Å². The van der Waals surface area contributed by atoms with E-state index in [1.807, 2.05) is 58.4 Å². The summed E-state index contributed by atoms with van der Waals surface area (Å²) in [6.07, 6.45) is 1.80. The molecule has 0 aliphatic rings. The lowest BCUT2D eigenvalue weighted by Crippen LogP contribution is -2.30. The van der Waals surface area contributed by atoms with Crippen molar-refractivity contribution in [3.63, 3.8) is 0 Å². The highest BCUT2D eigenvalue weighted by molar-refractivity contribution is 6.18. The summed E-state index contributed by atoms with van der Waals surface area (Å²) in [4.78, 5) is 35.3. The number of aliphatic carboxylic acids is 1. The SMILES string of the molecule is CC.CCc1c(C)ccc(/C(C=O)=C(\C)c2ccccc2N(C)C)c1OC.O=C(O)CNC(=O)c1c(F)cccc1F. The van der Waals surface area contributed by atoms with Gasteiger partial charge in [0.2, 0.25) is 0 Å². The Morgan fingerprint density at radius 3 is 2.07 bits per heavy atom. The molecule has 0 spiro atoms. The van der Waals surface area contributed by atoms with Gasteiger partial charge in [-0.1, -0.05) is 57.2 Å². The van der Waals surface area contributed by atoms with Crippen LogP contribution in [0, 0.1) is 18.6 Å². The molecular weight excluding hydrogens is 542 g/mol. The number of para-hydroxylation sites is 1. The molecule has 42 heavy (non-hydrogen) atoms. The van der Waals surface area contributed by atoms with E-state index in [1.54, 1.807) is 7.11 Å². The van der Waals surface area contributed by atoms with E-state index in [4.69, 9.17) is 9.84 Å². The highest BCUT2D eigenvalue weighted by Crippen LogP contribution is 2.37. The average Bonchev–Trinajstić information content (AvgIpc) is 2.98. The molecule has 7 nitrogen and oxygen atoms in total. The standard InChI is InChI=1S/C22H27NO2.C9H7F2NO3.C2H6/c1-7-17-15(2)12-13-19(22(17)25-6)20(14-24)16(3)18-10-8-9-11-21(18)23(4)5;10-5-2-1-3-6(11)8(5)9(15)12-4-7(13)14;1-2/h8-14H,7H2,1-6H3;1-3H,4H2,(H,12,15)(H,13,14);1-2H3/b20-16+;;. The molecule has 0 radical (unpaired) electrons. The predicted molar refractivity (Wildman–Crippen MR) is 164 cm³/mol. The fourth-order valence-electron chi connectivity index (χ4n) is 4.25. The average molecular weight is 583 g/mol. The number of hydrogen-bond acceptors (Lipinski definition) is 5. The Bertz CT molecular complexity index is 1400. The maximum absolute atomic E-state index is 13.0. The first-order chi connectivity index (χ1) is 20.0. The van der Waals surface area contributed by atoms with E-state index in [2.05, 4.69) is 36.9 Å². The molecule has 0 saturated carbocycles. The Hall–Kier alpha value is -4.53. The maximum atomic E-state index is 13.0. The molecule has 9 heteroatoms. The van der Waals surface area contributed by atoms with Gasteiger partial charge in [0.15, 0.2) is 6.29 Å². The van der Waals surface area contributed by atoms with Crippen LogP contribution in [0.5, 0.6) is 5.75 Å². The number of halogens is 2. The zero-order valence-corrected chi connectivity index (χ0v) is 25.5. The molecular formula is C33H40F2N2O5. The smallest absolute Gasteiger partial charge is 0.322 e. The summed E-state index contributed by atoms with van der Waals surface area (Å²) in [5.74, 6) is -3.64. The number of amides is 1. The number of ether oxygens (including phenoxy) is 1. The summed E-state index contributed by atoms with van der Waals surface area (Å²) in [6, 6.07) is 15.1. The minimum Gasteiger partial charge on any atom is -0.496 e. The van der Waals surface area contributed by atoms with Crippen molar-refractivity contribution in [2.24, 2.45) is 0 Å². The minimum absolute atomic E-state index is 0.667. The molecule has 0 heterocycles. The summed E-state index contributed by atoms with van der Waals surface area (Å²) in [5.41, 5.74) is 6.15. The topological polar surface area (TPSA) is 95.9 Å². The van der Waals surface area contributed by atoms with Crippen LogP contribution >= 0.6 is 0 Å². The van der Waals surface area contributed by atoms with Crippen molar-refractivity contribution in [3.8, 4) is 5.75 Å². The van der Waals surface area contributed by atoms with Crippen molar-refractivity contribution in [2.75, 3.05) is 32.6 Å². The third-order valence-electron chi connectivity index (χ3n) is 6.24. The lowest BCUT2D eigenvalue weighted by molar-refractivity contribution is -0.135. The van der Waals surface area contributed by atoms with Gasteiger partial charge in [-0.2, -0.15) is 0 Å². The summed E-state index contributed by atoms with van der Waals surface area (Å²) < 4.78 is 31.6. The van der Waals surface area contributed by atoms with E-state index < -0.39 is 35.6 Å². The number of benzene rings is 3. The molecule has 3 rings (SSSR count). The summed E-state index contributed by atoms with van der Waals surface area (Å²) in [7, 11) is 5.69. The molecule has 0 unspecified atom stereocenters. The highest BCUT2D eigenvalue weighted by atomic mass is 19.1. The van der Waals surface area contributed by atoms with Crippen LogP contribution in [-0.2, 0) is 16.0 Å². The third kappa shape index (κ3) is 8.99. The normalized spacial score (nSPS) is 10.6. The summed E-state index contributed by atoms with van der Waals surface area (Å²) in [5, 5.41) is 10.1.